The first-order valence-corrected chi connectivity index (χ1v) is 5.59. The molecule has 0 aromatic heterocycles. The van der Waals surface area contributed by atoms with Crippen molar-refractivity contribution >= 4 is 23.2 Å². The number of ether oxygens (including phenoxy) is 2. The third-order valence-electron chi connectivity index (χ3n) is 1.59. The van der Waals surface area contributed by atoms with E-state index in [1.165, 1.54) is 0 Å². The van der Waals surface area contributed by atoms with Crippen molar-refractivity contribution in [2.45, 2.75) is 13.8 Å². The molecule has 0 heterocycles. The summed E-state index contributed by atoms with van der Waals surface area (Å²) >= 11 is 4.92. The molecule has 0 rings (SSSR count). The number of hydrogen-bond acceptors (Lipinski definition) is 5. The fraction of sp³-hybridized carbons (Fsp3) is 0.455. The second kappa shape index (κ2) is 11.5. The van der Waals surface area contributed by atoms with Gasteiger partial charge in [-0.1, -0.05) is 25.2 Å². The minimum atomic E-state index is -0.785. The van der Waals surface area contributed by atoms with E-state index in [1.807, 2.05) is 0 Å². The van der Waals surface area contributed by atoms with Gasteiger partial charge in [-0.05, 0) is 13.5 Å². The van der Waals surface area contributed by atoms with E-state index in [-0.39, 0.29) is 53.3 Å². The van der Waals surface area contributed by atoms with Crippen molar-refractivity contribution in [3.8, 4) is 0 Å². The molecule has 0 spiro atoms. The Kier molecular flexibility index (Phi) is 12.7. The molecule has 0 amide bonds. The van der Waals surface area contributed by atoms with Crippen LogP contribution in [-0.4, -0.2) is 30.7 Å². The Morgan fingerprint density at radius 3 is 2.39 bits per heavy atom. The molecule has 96 valence electrons. The maximum atomic E-state index is 11.6. The van der Waals surface area contributed by atoms with Gasteiger partial charge in [0.25, 0.3) is 0 Å². The number of hydrogen-bond donors (Lipinski definition) is 1. The van der Waals surface area contributed by atoms with E-state index in [0.29, 0.717) is 6.54 Å². The first-order valence-electron chi connectivity index (χ1n) is 5.18. The van der Waals surface area contributed by atoms with Gasteiger partial charge >= 0.3 is 35.5 Å². The minimum Gasteiger partial charge on any atom is -0.613 e. The number of thiocarbonyl (C=S) groups is 1. The van der Waals surface area contributed by atoms with Crippen molar-refractivity contribution in [3.63, 3.8) is 0 Å². The fourth-order valence-electron chi connectivity index (χ4n) is 0.929. The summed E-state index contributed by atoms with van der Waals surface area (Å²) in [6.45, 7) is 7.44. The molecule has 5 nitrogen and oxygen atoms in total. The Hall–Kier alpha value is -0.560. The molecule has 0 aliphatic heterocycles. The van der Waals surface area contributed by atoms with Crippen molar-refractivity contribution in [2.75, 3.05) is 19.8 Å². The van der Waals surface area contributed by atoms with Crippen LogP contribution in [0.15, 0.2) is 24.2 Å². The molecule has 0 aliphatic carbocycles. The number of rotatable bonds is 7. The first kappa shape index (κ1) is 19.8. The Morgan fingerprint density at radius 2 is 1.94 bits per heavy atom. The number of carbonyl (C=O) groups is 1. The zero-order valence-corrected chi connectivity index (χ0v) is 13.8. The van der Waals surface area contributed by atoms with Crippen molar-refractivity contribution in [1.82, 2.24) is 5.32 Å². The summed E-state index contributed by atoms with van der Waals surface area (Å²) in [7, 11) is 0. The molecule has 0 fully saturated rings. The van der Waals surface area contributed by atoms with Crippen LogP contribution in [0, 0.1) is 0 Å². The summed E-state index contributed by atoms with van der Waals surface area (Å²) in [5, 5.41) is 14.2. The van der Waals surface area contributed by atoms with Gasteiger partial charge < -0.3 is 19.9 Å². The van der Waals surface area contributed by atoms with Gasteiger partial charge in [0.15, 0.2) is 0 Å². The summed E-state index contributed by atoms with van der Waals surface area (Å²) < 4.78 is 9.48. The molecular formula is C11H16NNaO4S. The Morgan fingerprint density at radius 1 is 1.39 bits per heavy atom. The van der Waals surface area contributed by atoms with E-state index < -0.39 is 11.9 Å². The number of esters is 1. The maximum absolute atomic E-state index is 11.6. The van der Waals surface area contributed by atoms with E-state index in [0.717, 1.165) is 0 Å². The van der Waals surface area contributed by atoms with E-state index in [1.54, 1.807) is 19.9 Å². The average Bonchev–Trinajstić information content (AvgIpc) is 2.27. The normalized spacial score (nSPS) is 10.6. The van der Waals surface area contributed by atoms with E-state index in [2.05, 4.69) is 11.9 Å². The Balaban J connectivity index is 0. The van der Waals surface area contributed by atoms with Gasteiger partial charge in [-0.2, -0.15) is 0 Å². The van der Waals surface area contributed by atoms with Crippen LogP contribution in [0.1, 0.15) is 13.8 Å². The summed E-state index contributed by atoms with van der Waals surface area (Å²) in [5.41, 5.74) is -0.287. The van der Waals surface area contributed by atoms with Crippen LogP contribution < -0.4 is 40.0 Å². The molecule has 7 heteroatoms. The zero-order valence-electron chi connectivity index (χ0n) is 10.9. The summed E-state index contributed by atoms with van der Waals surface area (Å²) in [5.74, 6) is -1.57. The molecule has 1 N–H and O–H groups in total. The molecular weight excluding hydrogens is 265 g/mol. The monoisotopic (exact) mass is 281 g/mol. The second-order valence-corrected chi connectivity index (χ2v) is 3.22. The van der Waals surface area contributed by atoms with Crippen LogP contribution in [-0.2, 0) is 14.3 Å². The predicted octanol–water partition coefficient (Wildman–Crippen LogP) is -2.74. The molecule has 0 saturated heterocycles. The van der Waals surface area contributed by atoms with Crippen LogP contribution in [0.4, 0.5) is 0 Å². The van der Waals surface area contributed by atoms with Crippen molar-refractivity contribution < 1.29 is 48.9 Å². The van der Waals surface area contributed by atoms with Crippen LogP contribution in [0.5, 0.6) is 0 Å². The summed E-state index contributed by atoms with van der Waals surface area (Å²) in [6, 6.07) is 0. The van der Waals surface area contributed by atoms with Gasteiger partial charge in [-0.25, -0.2) is 4.79 Å². The topological polar surface area (TPSA) is 70.6 Å². The first-order chi connectivity index (χ1) is 8.08. The smallest absolute Gasteiger partial charge is 0.613 e. The third-order valence-corrected chi connectivity index (χ3v) is 1.94. The van der Waals surface area contributed by atoms with Gasteiger partial charge in [0.1, 0.15) is 10.6 Å². The van der Waals surface area contributed by atoms with Crippen LogP contribution in [0.2, 0.25) is 0 Å². The van der Waals surface area contributed by atoms with Crippen LogP contribution >= 0.6 is 12.2 Å². The van der Waals surface area contributed by atoms with Crippen molar-refractivity contribution in [2.24, 2.45) is 0 Å². The largest absolute Gasteiger partial charge is 1.00 e. The molecule has 0 radical (unpaired) electrons. The Labute approximate surface area is 135 Å². The average molecular weight is 281 g/mol. The molecule has 18 heavy (non-hydrogen) atoms. The maximum Gasteiger partial charge on any atom is 1.00 e. The van der Waals surface area contributed by atoms with Crippen LogP contribution in [0.25, 0.3) is 0 Å². The molecule has 0 unspecified atom stereocenters. The summed E-state index contributed by atoms with van der Waals surface area (Å²) in [4.78, 5) is 11.6. The van der Waals surface area contributed by atoms with Crippen molar-refractivity contribution in [1.29, 1.82) is 0 Å². The predicted molar refractivity (Wildman–Crippen MR) is 66.1 cm³/mol. The standard InChI is InChI=1S/C11H17NO4S.Na/c1-4-7-12-9(17)8(10(13)15-5-2)11(14)16-6-3;/h4,13H,1,5-7H2,2-3H3,(H,12,17);/q;+1/p-1. The number of carbonyl (C=O) groups excluding carboxylic acids is 1. The molecule has 0 saturated carbocycles. The fourth-order valence-corrected chi connectivity index (χ4v) is 1.18. The molecule has 0 aromatic rings. The van der Waals surface area contributed by atoms with Crippen LogP contribution in [0.3, 0.4) is 0 Å². The van der Waals surface area contributed by atoms with Gasteiger partial charge in [-0.15, -0.1) is 6.58 Å². The van der Waals surface area contributed by atoms with Gasteiger partial charge in [0, 0.05) is 6.54 Å². The number of nitrogens with one attached hydrogen (secondary N) is 1. The molecule has 0 aliphatic rings. The molecule has 0 atom stereocenters. The zero-order chi connectivity index (χ0) is 13.3. The SMILES string of the molecule is C=CCNC(=S)C(C(=O)OCC)=C([O-])OCC.[Na+]. The van der Waals surface area contributed by atoms with Gasteiger partial charge in [0.05, 0.1) is 12.6 Å². The quantitative estimate of drug-likeness (QED) is 0.136. The third kappa shape index (κ3) is 7.00. The van der Waals surface area contributed by atoms with E-state index in [4.69, 9.17) is 21.7 Å². The second-order valence-electron chi connectivity index (χ2n) is 2.81. The summed E-state index contributed by atoms with van der Waals surface area (Å²) in [6.07, 6.45) is 1.56. The van der Waals surface area contributed by atoms with Gasteiger partial charge in [0.2, 0.25) is 0 Å². The Bertz CT molecular complexity index is 331. The molecule has 0 aromatic carbocycles. The van der Waals surface area contributed by atoms with Gasteiger partial charge in [-0.3, -0.25) is 0 Å². The van der Waals surface area contributed by atoms with E-state index in [9.17, 15) is 9.90 Å². The van der Waals surface area contributed by atoms with Crippen molar-refractivity contribution in [3.05, 3.63) is 24.2 Å². The minimum absolute atomic E-state index is 0. The molecule has 0 bridgehead atoms. The van der Waals surface area contributed by atoms with E-state index >= 15 is 0 Å².